The lowest BCUT2D eigenvalue weighted by molar-refractivity contribution is 0.0824. The Bertz CT molecular complexity index is 599. The van der Waals surface area contributed by atoms with Gasteiger partial charge in [0.05, 0.1) is 12.2 Å². The van der Waals surface area contributed by atoms with E-state index in [1.54, 1.807) is 27.1 Å². The summed E-state index contributed by atoms with van der Waals surface area (Å²) in [6.07, 6.45) is 0. The van der Waals surface area contributed by atoms with Crippen LogP contribution in [0.3, 0.4) is 0 Å². The van der Waals surface area contributed by atoms with Crippen LogP contribution in [0.2, 0.25) is 0 Å². The summed E-state index contributed by atoms with van der Waals surface area (Å²) in [5.74, 6) is -1.16. The molecule has 0 saturated heterocycles. The van der Waals surface area contributed by atoms with E-state index in [4.69, 9.17) is 15.9 Å². The number of aliphatic imine (C=N–C) groups is 1. The van der Waals surface area contributed by atoms with Crippen LogP contribution < -0.4 is 5.73 Å². The Morgan fingerprint density at radius 3 is 2.67 bits per heavy atom. The van der Waals surface area contributed by atoms with Crippen molar-refractivity contribution in [1.29, 1.82) is 5.41 Å². The maximum atomic E-state index is 12.0. The Labute approximate surface area is 131 Å². The van der Waals surface area contributed by atoms with Crippen LogP contribution in [-0.2, 0) is 4.74 Å². The van der Waals surface area contributed by atoms with Crippen molar-refractivity contribution in [2.75, 3.05) is 20.7 Å². The summed E-state index contributed by atoms with van der Waals surface area (Å²) in [4.78, 5) is 17.3. The molecule has 0 unspecified atom stereocenters. The number of carbonyl (C=O) groups excluding carboxylic acids is 1. The van der Waals surface area contributed by atoms with Crippen LogP contribution in [0.1, 0.15) is 17.3 Å². The molecule has 0 aromatic heterocycles. The molecule has 0 atom stereocenters. The van der Waals surface area contributed by atoms with Gasteiger partial charge >= 0.3 is 0 Å². The van der Waals surface area contributed by atoms with Crippen LogP contribution in [0.4, 0.5) is 5.69 Å². The number of phenols is 1. The van der Waals surface area contributed by atoms with Crippen LogP contribution in [-0.4, -0.2) is 48.3 Å². The van der Waals surface area contributed by atoms with E-state index in [0.29, 0.717) is 4.47 Å². The zero-order valence-electron chi connectivity index (χ0n) is 12.0. The third-order valence-electron chi connectivity index (χ3n) is 2.49. The number of ether oxygens (including phenoxy) is 1. The summed E-state index contributed by atoms with van der Waals surface area (Å²) < 4.78 is 5.36. The maximum absolute atomic E-state index is 12.0. The molecule has 0 aliphatic rings. The molecule has 1 rings (SSSR count). The lowest BCUT2D eigenvalue weighted by Gasteiger charge is -2.14. The van der Waals surface area contributed by atoms with Crippen molar-refractivity contribution >= 4 is 39.3 Å². The van der Waals surface area contributed by atoms with Gasteiger partial charge in [0, 0.05) is 18.6 Å². The van der Waals surface area contributed by atoms with Gasteiger partial charge in [-0.05, 0) is 35.0 Å². The Hall–Kier alpha value is -2.09. The minimum atomic E-state index is -0.380. The zero-order chi connectivity index (χ0) is 16.2. The third-order valence-corrected chi connectivity index (χ3v) is 3.15. The molecule has 0 spiro atoms. The maximum Gasteiger partial charge on any atom is 0.258 e. The van der Waals surface area contributed by atoms with Crippen LogP contribution in [0.25, 0.3) is 0 Å². The largest absolute Gasteiger partial charge is 0.505 e. The highest BCUT2D eigenvalue weighted by Crippen LogP contribution is 2.35. The van der Waals surface area contributed by atoms with Gasteiger partial charge in [0.25, 0.3) is 5.91 Å². The van der Waals surface area contributed by atoms with Crippen molar-refractivity contribution in [1.82, 2.24) is 4.90 Å². The smallest absolute Gasteiger partial charge is 0.258 e. The molecule has 8 heteroatoms. The second kappa shape index (κ2) is 7.07. The van der Waals surface area contributed by atoms with Crippen molar-refractivity contribution in [3.8, 4) is 5.75 Å². The highest BCUT2D eigenvalue weighted by molar-refractivity contribution is 9.10. The second-order valence-corrected chi connectivity index (χ2v) is 5.10. The fraction of sp³-hybridized carbons (Fsp3) is 0.308. The SMILES string of the molecule is CCOC(=N)C(N)=Nc1ccc(Br)c(C(=O)N(C)C)c1O. The van der Waals surface area contributed by atoms with E-state index in [1.807, 2.05) is 0 Å². The number of nitrogens with zero attached hydrogens (tertiary/aromatic N) is 2. The Kier molecular flexibility index (Phi) is 5.71. The van der Waals surface area contributed by atoms with Crippen LogP contribution in [0.15, 0.2) is 21.6 Å². The van der Waals surface area contributed by atoms with E-state index in [2.05, 4.69) is 20.9 Å². The predicted molar refractivity (Wildman–Crippen MR) is 84.5 cm³/mol. The molecule has 114 valence electrons. The van der Waals surface area contributed by atoms with Gasteiger partial charge < -0.3 is 20.5 Å². The summed E-state index contributed by atoms with van der Waals surface area (Å²) in [6, 6.07) is 3.06. The first-order valence-electron chi connectivity index (χ1n) is 6.08. The number of phenolic OH excluding ortho intramolecular Hbond substituents is 1. The number of amides is 1. The summed E-state index contributed by atoms with van der Waals surface area (Å²) in [7, 11) is 3.15. The number of nitrogens with two attached hydrogens (primary N) is 1. The first-order chi connectivity index (χ1) is 9.79. The molecular formula is C13H17BrN4O3. The molecule has 0 bridgehead atoms. The Morgan fingerprint density at radius 1 is 1.52 bits per heavy atom. The van der Waals surface area contributed by atoms with Crippen LogP contribution in [0.5, 0.6) is 5.75 Å². The average Bonchev–Trinajstić information content (AvgIpc) is 2.41. The van der Waals surface area contributed by atoms with Crippen molar-refractivity contribution < 1.29 is 14.6 Å². The minimum absolute atomic E-state index is 0.0805. The molecule has 0 radical (unpaired) electrons. The number of hydrogen-bond donors (Lipinski definition) is 3. The highest BCUT2D eigenvalue weighted by atomic mass is 79.9. The normalized spacial score (nSPS) is 11.1. The molecule has 1 amide bonds. The van der Waals surface area contributed by atoms with Crippen LogP contribution >= 0.6 is 15.9 Å². The summed E-state index contributed by atoms with van der Waals surface area (Å²) in [5.41, 5.74) is 5.78. The second-order valence-electron chi connectivity index (χ2n) is 4.25. The lowest BCUT2D eigenvalue weighted by Crippen LogP contribution is -2.25. The number of carbonyl (C=O) groups is 1. The molecule has 0 aliphatic heterocycles. The van der Waals surface area contributed by atoms with Gasteiger partial charge in [-0.15, -0.1) is 0 Å². The van der Waals surface area contributed by atoms with E-state index in [0.717, 1.165) is 0 Å². The Balaban J connectivity index is 3.29. The fourth-order valence-electron chi connectivity index (χ4n) is 1.47. The van der Waals surface area contributed by atoms with Gasteiger partial charge in [-0.2, -0.15) is 0 Å². The molecule has 7 nitrogen and oxygen atoms in total. The van der Waals surface area contributed by atoms with Crippen molar-refractivity contribution in [3.63, 3.8) is 0 Å². The minimum Gasteiger partial charge on any atom is -0.505 e. The lowest BCUT2D eigenvalue weighted by atomic mass is 10.1. The first kappa shape index (κ1) is 17.0. The van der Waals surface area contributed by atoms with Gasteiger partial charge in [-0.1, -0.05) is 0 Å². The standard InChI is InChI=1S/C13H17BrN4O3/c1-4-21-12(16)11(15)17-8-6-5-7(14)9(10(8)19)13(20)18(2)3/h5-6,16,19H,4H2,1-3H3,(H2,15,17). The summed E-state index contributed by atoms with van der Waals surface area (Å²) in [6.45, 7) is 2.00. The number of benzene rings is 1. The molecule has 0 aliphatic carbocycles. The molecule has 1 aromatic carbocycles. The summed E-state index contributed by atoms with van der Waals surface area (Å²) in [5, 5.41) is 17.7. The zero-order valence-corrected chi connectivity index (χ0v) is 13.6. The fourth-order valence-corrected chi connectivity index (χ4v) is 1.96. The van der Waals surface area contributed by atoms with Gasteiger partial charge in [0.2, 0.25) is 5.90 Å². The number of halogens is 1. The molecule has 0 saturated carbocycles. The quantitative estimate of drug-likeness (QED) is 0.566. The molecular weight excluding hydrogens is 340 g/mol. The molecule has 0 fully saturated rings. The van der Waals surface area contributed by atoms with E-state index in [-0.39, 0.29) is 41.2 Å². The number of nitrogens with one attached hydrogen (secondary N) is 1. The van der Waals surface area contributed by atoms with Crippen molar-refractivity contribution in [2.45, 2.75) is 6.92 Å². The third kappa shape index (κ3) is 3.94. The van der Waals surface area contributed by atoms with Gasteiger partial charge in [0.1, 0.15) is 5.69 Å². The van der Waals surface area contributed by atoms with E-state index in [9.17, 15) is 9.90 Å². The number of amidine groups is 1. The monoisotopic (exact) mass is 356 g/mol. The van der Waals surface area contributed by atoms with Crippen molar-refractivity contribution in [2.24, 2.45) is 10.7 Å². The summed E-state index contributed by atoms with van der Waals surface area (Å²) >= 11 is 3.22. The number of aromatic hydroxyl groups is 1. The van der Waals surface area contributed by atoms with Gasteiger partial charge in [0.15, 0.2) is 11.6 Å². The molecule has 1 aromatic rings. The topological polar surface area (TPSA) is 112 Å². The molecule has 0 heterocycles. The first-order valence-corrected chi connectivity index (χ1v) is 6.87. The highest BCUT2D eigenvalue weighted by Gasteiger charge is 2.20. The van der Waals surface area contributed by atoms with E-state index < -0.39 is 0 Å². The molecule has 4 N–H and O–H groups in total. The predicted octanol–water partition coefficient (Wildman–Crippen LogP) is 1.86. The van der Waals surface area contributed by atoms with E-state index in [1.165, 1.54) is 11.0 Å². The number of hydrogen-bond acceptors (Lipinski definition) is 5. The van der Waals surface area contributed by atoms with Crippen molar-refractivity contribution in [3.05, 3.63) is 22.2 Å². The van der Waals surface area contributed by atoms with Gasteiger partial charge in [-0.25, -0.2) is 4.99 Å². The number of rotatable bonds is 3. The Morgan fingerprint density at radius 2 is 2.14 bits per heavy atom. The average molecular weight is 357 g/mol. The van der Waals surface area contributed by atoms with E-state index >= 15 is 0 Å². The molecule has 21 heavy (non-hydrogen) atoms. The van der Waals surface area contributed by atoms with Gasteiger partial charge in [-0.3, -0.25) is 10.2 Å². The van der Waals surface area contributed by atoms with Crippen LogP contribution in [0, 0.1) is 5.41 Å².